The van der Waals surface area contributed by atoms with Gasteiger partial charge in [0.05, 0.1) is 18.0 Å². The van der Waals surface area contributed by atoms with E-state index in [-0.39, 0.29) is 18.1 Å². The fourth-order valence-electron chi connectivity index (χ4n) is 2.05. The third-order valence-corrected chi connectivity index (χ3v) is 3.48. The number of benzene rings is 1. The summed E-state index contributed by atoms with van der Waals surface area (Å²) in [6.45, 7) is 2.39. The zero-order valence-corrected chi connectivity index (χ0v) is 12.5. The van der Waals surface area contributed by atoms with Crippen LogP contribution in [0.4, 0.5) is 11.4 Å². The molecule has 1 heterocycles. The molecule has 2 rings (SSSR count). The molecule has 22 heavy (non-hydrogen) atoms. The maximum absolute atomic E-state index is 11.8. The number of carbonyl (C=O) groups excluding carboxylic acids is 1. The van der Waals surface area contributed by atoms with Crippen LogP contribution in [0.5, 0.6) is 0 Å². The summed E-state index contributed by atoms with van der Waals surface area (Å²) >= 11 is 0. The smallest absolute Gasteiger partial charge is 0.292 e. The van der Waals surface area contributed by atoms with Gasteiger partial charge in [-0.05, 0) is 25.1 Å². The van der Waals surface area contributed by atoms with Crippen LogP contribution in [0, 0.1) is 17.0 Å². The summed E-state index contributed by atoms with van der Waals surface area (Å²) < 4.78 is 2.00. The second kappa shape index (κ2) is 6.75. The lowest BCUT2D eigenvalue weighted by molar-refractivity contribution is -0.383. The van der Waals surface area contributed by atoms with E-state index in [2.05, 4.69) is 10.6 Å². The van der Waals surface area contributed by atoms with Crippen LogP contribution in [-0.4, -0.2) is 21.9 Å². The molecule has 0 aliphatic heterocycles. The zero-order valence-electron chi connectivity index (χ0n) is 12.5. The lowest BCUT2D eigenvalue weighted by Gasteiger charge is -2.09. The van der Waals surface area contributed by atoms with E-state index in [9.17, 15) is 14.9 Å². The van der Waals surface area contributed by atoms with Crippen LogP contribution in [0.2, 0.25) is 0 Å². The highest BCUT2D eigenvalue weighted by Crippen LogP contribution is 2.22. The van der Waals surface area contributed by atoms with E-state index in [1.54, 1.807) is 18.2 Å². The van der Waals surface area contributed by atoms with E-state index >= 15 is 0 Å². The second-order valence-electron chi connectivity index (χ2n) is 4.93. The Morgan fingerprint density at radius 3 is 2.64 bits per heavy atom. The largest absolute Gasteiger partial charge is 0.371 e. The van der Waals surface area contributed by atoms with Crippen molar-refractivity contribution in [2.75, 3.05) is 11.9 Å². The summed E-state index contributed by atoms with van der Waals surface area (Å²) in [5, 5.41) is 16.4. The van der Waals surface area contributed by atoms with Crippen LogP contribution >= 0.6 is 0 Å². The van der Waals surface area contributed by atoms with Gasteiger partial charge in [-0.25, -0.2) is 0 Å². The Bertz CT molecular complexity index is 694. The number of rotatable bonds is 6. The second-order valence-corrected chi connectivity index (χ2v) is 4.93. The number of nitrogens with zero attached hydrogens (tertiary/aromatic N) is 2. The fourth-order valence-corrected chi connectivity index (χ4v) is 2.05. The third kappa shape index (κ3) is 3.63. The molecule has 116 valence electrons. The van der Waals surface area contributed by atoms with Crippen LogP contribution in [-0.2, 0) is 18.4 Å². The Hall–Kier alpha value is -2.83. The molecule has 2 N–H and O–H groups in total. The minimum Gasteiger partial charge on any atom is -0.371 e. The van der Waals surface area contributed by atoms with Crippen molar-refractivity contribution in [3.8, 4) is 0 Å². The monoisotopic (exact) mass is 302 g/mol. The van der Waals surface area contributed by atoms with Gasteiger partial charge < -0.3 is 15.2 Å². The number of hydrogen-bond donors (Lipinski definition) is 2. The highest BCUT2D eigenvalue weighted by Gasteiger charge is 2.13. The molecule has 0 spiro atoms. The molecule has 1 amide bonds. The van der Waals surface area contributed by atoms with E-state index in [4.69, 9.17) is 0 Å². The molecule has 0 radical (unpaired) electrons. The van der Waals surface area contributed by atoms with Gasteiger partial charge in [0.1, 0.15) is 5.69 Å². The molecule has 2 aromatic rings. The molecular weight excluding hydrogens is 284 g/mol. The van der Waals surface area contributed by atoms with Crippen molar-refractivity contribution < 1.29 is 9.72 Å². The van der Waals surface area contributed by atoms with Crippen molar-refractivity contribution in [3.05, 3.63) is 57.9 Å². The number of hydrogen-bond acceptors (Lipinski definition) is 4. The predicted octanol–water partition coefficient (Wildman–Crippen LogP) is 1.97. The molecule has 1 aromatic carbocycles. The van der Waals surface area contributed by atoms with E-state index in [0.717, 1.165) is 11.4 Å². The first-order valence-electron chi connectivity index (χ1n) is 6.84. The molecule has 7 nitrogen and oxygen atoms in total. The van der Waals surface area contributed by atoms with Gasteiger partial charge in [0, 0.05) is 24.5 Å². The zero-order chi connectivity index (χ0) is 16.1. The van der Waals surface area contributed by atoms with Crippen LogP contribution in [0.25, 0.3) is 0 Å². The van der Waals surface area contributed by atoms with Crippen molar-refractivity contribution >= 4 is 17.3 Å². The Kier molecular flexibility index (Phi) is 4.77. The van der Waals surface area contributed by atoms with E-state index < -0.39 is 4.92 Å². The van der Waals surface area contributed by atoms with Crippen LogP contribution in [0.1, 0.15) is 11.4 Å². The fraction of sp³-hybridized carbons (Fsp3) is 0.267. The van der Waals surface area contributed by atoms with Gasteiger partial charge in [0.25, 0.3) is 5.69 Å². The molecule has 0 aliphatic carbocycles. The first-order chi connectivity index (χ1) is 10.5. The molecule has 0 fully saturated rings. The number of nitro benzene ring substituents is 1. The summed E-state index contributed by atoms with van der Waals surface area (Å²) in [5.74, 6) is -0.225. The van der Waals surface area contributed by atoms with Crippen molar-refractivity contribution in [2.45, 2.75) is 13.5 Å². The quantitative estimate of drug-likeness (QED) is 0.630. The van der Waals surface area contributed by atoms with Gasteiger partial charge >= 0.3 is 0 Å². The number of nitrogens with one attached hydrogen (secondary N) is 2. The van der Waals surface area contributed by atoms with Crippen molar-refractivity contribution in [1.29, 1.82) is 0 Å². The molecule has 0 saturated carbocycles. The van der Waals surface area contributed by atoms with Crippen LogP contribution < -0.4 is 10.6 Å². The number of aryl methyl sites for hydroxylation is 1. The number of nitro groups is 1. The SMILES string of the molecule is Cc1ccc(CNC(=O)CNc2ccccc2[N+](=O)[O-])n1C. The van der Waals surface area contributed by atoms with Crippen molar-refractivity contribution in [3.63, 3.8) is 0 Å². The summed E-state index contributed by atoms with van der Waals surface area (Å²) in [4.78, 5) is 22.2. The summed E-state index contributed by atoms with van der Waals surface area (Å²) in [6.07, 6.45) is 0. The van der Waals surface area contributed by atoms with E-state index in [0.29, 0.717) is 12.2 Å². The number of anilines is 1. The molecule has 7 heteroatoms. The first kappa shape index (κ1) is 15.6. The molecule has 0 unspecified atom stereocenters. The van der Waals surface area contributed by atoms with E-state index in [1.807, 2.05) is 30.7 Å². The van der Waals surface area contributed by atoms with Crippen molar-refractivity contribution in [2.24, 2.45) is 7.05 Å². The van der Waals surface area contributed by atoms with Gasteiger partial charge in [0.15, 0.2) is 0 Å². The van der Waals surface area contributed by atoms with Gasteiger partial charge in [0.2, 0.25) is 5.91 Å². The average Bonchev–Trinajstić information content (AvgIpc) is 2.82. The average molecular weight is 302 g/mol. The topological polar surface area (TPSA) is 89.2 Å². The molecule has 0 atom stereocenters. The lowest BCUT2D eigenvalue weighted by atomic mass is 10.2. The minimum absolute atomic E-state index is 0.0196. The molecular formula is C15H18N4O3. The highest BCUT2D eigenvalue weighted by molar-refractivity contribution is 5.81. The normalized spacial score (nSPS) is 10.3. The van der Waals surface area contributed by atoms with Gasteiger partial charge in [-0.2, -0.15) is 0 Å². The summed E-state index contributed by atoms with van der Waals surface area (Å²) in [5.41, 5.74) is 2.39. The van der Waals surface area contributed by atoms with E-state index in [1.165, 1.54) is 6.07 Å². The third-order valence-electron chi connectivity index (χ3n) is 3.48. The number of amides is 1. The Morgan fingerprint density at radius 2 is 2.00 bits per heavy atom. The number of para-hydroxylation sites is 2. The molecule has 0 bridgehead atoms. The Morgan fingerprint density at radius 1 is 1.27 bits per heavy atom. The van der Waals surface area contributed by atoms with Crippen molar-refractivity contribution in [1.82, 2.24) is 9.88 Å². The highest BCUT2D eigenvalue weighted by atomic mass is 16.6. The summed E-state index contributed by atoms with van der Waals surface area (Å²) in [7, 11) is 1.93. The Balaban J connectivity index is 1.88. The summed E-state index contributed by atoms with van der Waals surface area (Å²) in [6, 6.07) is 10.2. The standard InChI is InChI=1S/C15H18N4O3/c1-11-7-8-12(18(11)2)9-17-15(20)10-16-13-5-3-4-6-14(13)19(21)22/h3-8,16H,9-10H2,1-2H3,(H,17,20). The lowest BCUT2D eigenvalue weighted by Crippen LogP contribution is -2.30. The maximum atomic E-state index is 11.8. The molecule has 1 aromatic heterocycles. The number of aromatic nitrogens is 1. The van der Waals surface area contributed by atoms with Gasteiger partial charge in [-0.15, -0.1) is 0 Å². The number of carbonyl (C=O) groups is 1. The van der Waals surface area contributed by atoms with Crippen LogP contribution in [0.3, 0.4) is 0 Å². The van der Waals surface area contributed by atoms with Gasteiger partial charge in [-0.3, -0.25) is 14.9 Å². The first-order valence-corrected chi connectivity index (χ1v) is 6.84. The predicted molar refractivity (Wildman–Crippen MR) is 83.6 cm³/mol. The molecule has 0 saturated heterocycles. The molecule has 0 aliphatic rings. The van der Waals surface area contributed by atoms with Crippen LogP contribution in [0.15, 0.2) is 36.4 Å². The van der Waals surface area contributed by atoms with Gasteiger partial charge in [-0.1, -0.05) is 12.1 Å². The Labute approximate surface area is 128 Å². The minimum atomic E-state index is -0.479. The maximum Gasteiger partial charge on any atom is 0.292 e.